The number of nitrogens with one attached hydrogen (secondary N) is 1. The summed E-state index contributed by atoms with van der Waals surface area (Å²) in [4.78, 5) is 18.4. The maximum Gasteiger partial charge on any atom is 0.435 e. The molecule has 0 aliphatic rings. The summed E-state index contributed by atoms with van der Waals surface area (Å²) >= 11 is 0. The van der Waals surface area contributed by atoms with Gasteiger partial charge in [0.1, 0.15) is 5.82 Å². The summed E-state index contributed by atoms with van der Waals surface area (Å²) in [5, 5.41) is 6.29. The molecule has 3 aromatic rings. The van der Waals surface area contributed by atoms with E-state index in [1.165, 1.54) is 30.5 Å². The third-order valence-electron chi connectivity index (χ3n) is 3.99. The number of hydrogen-bond donors (Lipinski definition) is 1. The molecule has 6 nitrogen and oxygen atoms in total. The molecule has 0 unspecified atom stereocenters. The molecule has 0 bridgehead atoms. The number of halogens is 3. The predicted molar refractivity (Wildman–Crippen MR) is 98.3 cm³/mol. The van der Waals surface area contributed by atoms with Gasteiger partial charge < -0.3 is 10.2 Å². The van der Waals surface area contributed by atoms with Gasteiger partial charge in [-0.05, 0) is 42.0 Å². The summed E-state index contributed by atoms with van der Waals surface area (Å²) in [6.45, 7) is 0.315. The molecule has 0 spiro atoms. The van der Waals surface area contributed by atoms with Crippen molar-refractivity contribution in [2.75, 3.05) is 19.0 Å². The Morgan fingerprint density at radius 1 is 1.11 bits per heavy atom. The first-order chi connectivity index (χ1) is 13.2. The summed E-state index contributed by atoms with van der Waals surface area (Å²) in [5.41, 5.74) is 0.704. The lowest BCUT2D eigenvalue weighted by atomic mass is 10.2. The van der Waals surface area contributed by atoms with Crippen molar-refractivity contribution in [3.05, 3.63) is 71.7 Å². The first-order valence-corrected chi connectivity index (χ1v) is 8.38. The van der Waals surface area contributed by atoms with Gasteiger partial charge in [0.05, 0.1) is 5.69 Å². The molecule has 0 saturated carbocycles. The van der Waals surface area contributed by atoms with Crippen molar-refractivity contribution in [2.24, 2.45) is 0 Å². The molecule has 1 N–H and O–H groups in total. The zero-order chi connectivity index (χ0) is 20.3. The largest absolute Gasteiger partial charge is 0.435 e. The van der Waals surface area contributed by atoms with E-state index in [4.69, 9.17) is 0 Å². The molecule has 2 aromatic heterocycles. The topological polar surface area (TPSA) is 63.1 Å². The maximum atomic E-state index is 12.6. The van der Waals surface area contributed by atoms with Crippen LogP contribution in [0.25, 0.3) is 5.69 Å². The normalized spacial score (nSPS) is 11.3. The molecule has 0 fully saturated rings. The van der Waals surface area contributed by atoms with Gasteiger partial charge in [-0.25, -0.2) is 9.67 Å². The fourth-order valence-electron chi connectivity index (χ4n) is 2.45. The summed E-state index contributed by atoms with van der Waals surface area (Å²) in [6.07, 6.45) is -1.58. The highest BCUT2D eigenvalue weighted by Gasteiger charge is 2.33. The Morgan fingerprint density at radius 2 is 1.82 bits per heavy atom. The Hall–Kier alpha value is -3.36. The quantitative estimate of drug-likeness (QED) is 0.728. The Bertz CT molecular complexity index is 947. The molecular weight excluding hydrogens is 371 g/mol. The zero-order valence-electron chi connectivity index (χ0n) is 15.2. The monoisotopic (exact) mass is 389 g/mol. The number of nitrogens with zero attached hydrogens (tertiary/aromatic N) is 4. The van der Waals surface area contributed by atoms with Crippen LogP contribution in [0.2, 0.25) is 0 Å². The van der Waals surface area contributed by atoms with E-state index in [0.29, 0.717) is 17.8 Å². The van der Waals surface area contributed by atoms with Gasteiger partial charge in [0.2, 0.25) is 0 Å². The van der Waals surface area contributed by atoms with E-state index in [9.17, 15) is 18.0 Å². The Kier molecular flexibility index (Phi) is 5.34. The van der Waals surface area contributed by atoms with Crippen molar-refractivity contribution in [1.82, 2.24) is 20.1 Å². The minimum Gasteiger partial charge on any atom is -0.363 e. The minimum atomic E-state index is -4.50. The van der Waals surface area contributed by atoms with E-state index in [1.807, 2.05) is 31.1 Å². The summed E-state index contributed by atoms with van der Waals surface area (Å²) in [5.74, 6) is 0.526. The van der Waals surface area contributed by atoms with Gasteiger partial charge in [-0.15, -0.1) is 0 Å². The average molecular weight is 389 g/mol. The number of hydrogen-bond acceptors (Lipinski definition) is 4. The molecule has 146 valence electrons. The number of benzene rings is 1. The van der Waals surface area contributed by atoms with E-state index in [1.54, 1.807) is 6.20 Å². The second-order valence-corrected chi connectivity index (χ2v) is 6.29. The van der Waals surface area contributed by atoms with Crippen molar-refractivity contribution in [3.8, 4) is 5.69 Å². The highest BCUT2D eigenvalue weighted by atomic mass is 19.4. The zero-order valence-corrected chi connectivity index (χ0v) is 15.2. The number of rotatable bonds is 5. The third kappa shape index (κ3) is 4.48. The van der Waals surface area contributed by atoms with Crippen LogP contribution in [0.1, 0.15) is 21.6 Å². The van der Waals surface area contributed by atoms with Crippen molar-refractivity contribution in [1.29, 1.82) is 0 Å². The number of carbonyl (C=O) groups is 1. The molecule has 0 saturated heterocycles. The lowest BCUT2D eigenvalue weighted by molar-refractivity contribution is -0.141. The van der Waals surface area contributed by atoms with Crippen molar-refractivity contribution >= 4 is 11.7 Å². The standard InChI is InChI=1S/C19H18F3N5O/c1-26(2)17-8-3-13(11-23-17)12-24-18(28)14-4-6-15(7-5-14)27-10-9-16(25-27)19(20,21)22/h3-11H,12H2,1-2H3,(H,24,28). The molecule has 1 aromatic carbocycles. The van der Waals surface area contributed by atoms with E-state index >= 15 is 0 Å². The molecule has 1 amide bonds. The van der Waals surface area contributed by atoms with Crippen LogP contribution >= 0.6 is 0 Å². The van der Waals surface area contributed by atoms with E-state index in [2.05, 4.69) is 15.4 Å². The molecule has 0 atom stereocenters. The summed E-state index contributed by atoms with van der Waals surface area (Å²) in [7, 11) is 3.78. The van der Waals surface area contributed by atoms with Crippen LogP contribution in [0.3, 0.4) is 0 Å². The molecule has 28 heavy (non-hydrogen) atoms. The fraction of sp³-hybridized carbons (Fsp3) is 0.211. The van der Waals surface area contributed by atoms with E-state index in [0.717, 1.165) is 22.1 Å². The predicted octanol–water partition coefficient (Wildman–Crippen LogP) is 3.28. The second kappa shape index (κ2) is 7.71. The summed E-state index contributed by atoms with van der Waals surface area (Å²) < 4.78 is 39.0. The number of aromatic nitrogens is 3. The number of amides is 1. The van der Waals surface area contributed by atoms with Crippen molar-refractivity contribution in [2.45, 2.75) is 12.7 Å². The lowest BCUT2D eigenvalue weighted by Crippen LogP contribution is -2.23. The van der Waals surface area contributed by atoms with Crippen LogP contribution in [0, 0.1) is 0 Å². The molecular formula is C19H18F3N5O. The number of pyridine rings is 1. The molecule has 0 aliphatic heterocycles. The second-order valence-electron chi connectivity index (χ2n) is 6.29. The smallest absolute Gasteiger partial charge is 0.363 e. The number of anilines is 1. The Morgan fingerprint density at radius 3 is 2.36 bits per heavy atom. The van der Waals surface area contributed by atoms with Crippen LogP contribution in [-0.4, -0.2) is 34.8 Å². The van der Waals surface area contributed by atoms with Gasteiger partial charge in [-0.1, -0.05) is 6.07 Å². The van der Waals surface area contributed by atoms with Crippen LogP contribution in [0.4, 0.5) is 19.0 Å². The van der Waals surface area contributed by atoms with Gasteiger partial charge in [0.15, 0.2) is 5.69 Å². The number of carbonyl (C=O) groups excluding carboxylic acids is 1. The van der Waals surface area contributed by atoms with Crippen molar-refractivity contribution < 1.29 is 18.0 Å². The highest BCUT2D eigenvalue weighted by molar-refractivity contribution is 5.94. The Labute approximate surface area is 159 Å². The SMILES string of the molecule is CN(C)c1ccc(CNC(=O)c2ccc(-n3ccc(C(F)(F)F)n3)cc2)cn1. The third-order valence-corrected chi connectivity index (χ3v) is 3.99. The van der Waals surface area contributed by atoms with Gasteiger partial charge in [-0.2, -0.15) is 18.3 Å². The summed E-state index contributed by atoms with van der Waals surface area (Å²) in [6, 6.07) is 10.8. The van der Waals surface area contributed by atoms with Gasteiger partial charge in [0, 0.05) is 38.6 Å². The minimum absolute atomic E-state index is 0.292. The van der Waals surface area contributed by atoms with Crippen LogP contribution < -0.4 is 10.2 Å². The van der Waals surface area contributed by atoms with E-state index < -0.39 is 11.9 Å². The first kappa shape index (κ1) is 19.4. The van der Waals surface area contributed by atoms with Gasteiger partial charge in [0.25, 0.3) is 5.91 Å². The lowest BCUT2D eigenvalue weighted by Gasteiger charge is -2.11. The molecule has 3 rings (SSSR count). The van der Waals surface area contributed by atoms with Crippen LogP contribution in [0.5, 0.6) is 0 Å². The number of alkyl halides is 3. The van der Waals surface area contributed by atoms with E-state index in [-0.39, 0.29) is 5.91 Å². The first-order valence-electron chi connectivity index (χ1n) is 8.38. The van der Waals surface area contributed by atoms with Crippen LogP contribution in [-0.2, 0) is 12.7 Å². The fourth-order valence-corrected chi connectivity index (χ4v) is 2.45. The molecule has 9 heteroatoms. The van der Waals surface area contributed by atoms with Crippen molar-refractivity contribution in [3.63, 3.8) is 0 Å². The van der Waals surface area contributed by atoms with Crippen LogP contribution in [0.15, 0.2) is 54.9 Å². The van der Waals surface area contributed by atoms with Gasteiger partial charge in [-0.3, -0.25) is 4.79 Å². The molecule has 2 heterocycles. The highest BCUT2D eigenvalue weighted by Crippen LogP contribution is 2.27. The average Bonchev–Trinajstić information content (AvgIpc) is 3.17. The van der Waals surface area contributed by atoms with Gasteiger partial charge >= 0.3 is 6.18 Å². The maximum absolute atomic E-state index is 12.6. The Balaban J connectivity index is 1.62. The molecule has 0 radical (unpaired) electrons. The molecule has 0 aliphatic carbocycles.